The van der Waals surface area contributed by atoms with Gasteiger partial charge in [0.1, 0.15) is 0 Å². The Hall–Kier alpha value is -2.34. The van der Waals surface area contributed by atoms with Gasteiger partial charge in [0.2, 0.25) is 0 Å². The van der Waals surface area contributed by atoms with Gasteiger partial charge >= 0.3 is 6.03 Å². The summed E-state index contributed by atoms with van der Waals surface area (Å²) in [6, 6.07) is 10.2. The fraction of sp³-hybridized carbons (Fsp3) is 0.412. The lowest BCUT2D eigenvalue weighted by atomic mass is 9.97. The van der Waals surface area contributed by atoms with Crippen molar-refractivity contribution >= 4 is 6.03 Å². The summed E-state index contributed by atoms with van der Waals surface area (Å²) in [6.07, 6.45) is 7.05. The summed E-state index contributed by atoms with van der Waals surface area (Å²) in [6.45, 7) is 1.96. The molecule has 1 aromatic heterocycles. The van der Waals surface area contributed by atoms with Crippen LogP contribution in [0.3, 0.4) is 0 Å². The van der Waals surface area contributed by atoms with E-state index in [4.69, 9.17) is 4.74 Å². The first-order valence-electron chi connectivity index (χ1n) is 7.98. The zero-order valence-electron chi connectivity index (χ0n) is 13.0. The van der Waals surface area contributed by atoms with Crippen molar-refractivity contribution < 1.29 is 9.53 Å². The molecule has 1 aliphatic rings. The Morgan fingerprint density at radius 2 is 2.22 bits per heavy atom. The van der Waals surface area contributed by atoms with Crippen molar-refractivity contribution in [2.75, 3.05) is 13.2 Å². The molecule has 2 heterocycles. The molecular formula is C17H22N4O2. The molecule has 2 atom stereocenters. The van der Waals surface area contributed by atoms with Crippen LogP contribution in [0.15, 0.2) is 49.1 Å². The maximum atomic E-state index is 12.0. The quantitative estimate of drug-likeness (QED) is 0.888. The van der Waals surface area contributed by atoms with Gasteiger partial charge in [-0.05, 0) is 18.4 Å². The van der Waals surface area contributed by atoms with Crippen molar-refractivity contribution in [3.8, 4) is 0 Å². The number of nitrogens with zero attached hydrogens (tertiary/aromatic N) is 2. The number of carbonyl (C=O) groups excluding carboxylic acids is 1. The fourth-order valence-corrected chi connectivity index (χ4v) is 2.78. The minimum absolute atomic E-state index is 0.0567. The lowest BCUT2D eigenvalue weighted by Gasteiger charge is -2.30. The standard InChI is InChI=1S/C17H22N4O2/c22-17(19-8-10-21-9-7-18-13-21)20-15-6-11-23-16(12-15)14-4-2-1-3-5-14/h1-5,7,9,13,15-16H,6,8,10-12H2,(H2,19,20,22)/t15-,16+/m0/s1. The summed E-state index contributed by atoms with van der Waals surface area (Å²) >= 11 is 0. The Morgan fingerprint density at radius 1 is 1.35 bits per heavy atom. The molecule has 122 valence electrons. The Bertz CT molecular complexity index is 600. The first-order valence-corrected chi connectivity index (χ1v) is 7.98. The molecular weight excluding hydrogens is 292 g/mol. The van der Waals surface area contributed by atoms with Gasteiger partial charge in [0.15, 0.2) is 0 Å². The number of nitrogens with one attached hydrogen (secondary N) is 2. The van der Waals surface area contributed by atoms with Gasteiger partial charge in [0, 0.05) is 38.1 Å². The Kier molecular flexibility index (Phi) is 5.26. The number of hydrogen-bond acceptors (Lipinski definition) is 3. The van der Waals surface area contributed by atoms with E-state index in [9.17, 15) is 4.79 Å². The monoisotopic (exact) mass is 314 g/mol. The largest absolute Gasteiger partial charge is 0.373 e. The molecule has 1 saturated heterocycles. The van der Waals surface area contributed by atoms with Crippen LogP contribution in [0.25, 0.3) is 0 Å². The molecule has 0 radical (unpaired) electrons. The predicted octanol–water partition coefficient (Wildman–Crippen LogP) is 2.10. The van der Waals surface area contributed by atoms with Gasteiger partial charge in [-0.2, -0.15) is 0 Å². The predicted molar refractivity (Wildman–Crippen MR) is 86.9 cm³/mol. The number of ether oxygens (including phenoxy) is 1. The number of aromatic nitrogens is 2. The van der Waals surface area contributed by atoms with Crippen LogP contribution in [0.2, 0.25) is 0 Å². The molecule has 2 N–H and O–H groups in total. The van der Waals surface area contributed by atoms with Crippen LogP contribution >= 0.6 is 0 Å². The molecule has 2 aromatic rings. The van der Waals surface area contributed by atoms with E-state index in [-0.39, 0.29) is 18.2 Å². The topological polar surface area (TPSA) is 68.2 Å². The summed E-state index contributed by atoms with van der Waals surface area (Å²) < 4.78 is 7.75. The molecule has 3 rings (SSSR count). The summed E-state index contributed by atoms with van der Waals surface area (Å²) in [4.78, 5) is 16.0. The van der Waals surface area contributed by atoms with Crippen molar-refractivity contribution in [3.63, 3.8) is 0 Å². The first-order chi connectivity index (χ1) is 11.3. The van der Waals surface area contributed by atoms with Gasteiger partial charge in [-0.15, -0.1) is 0 Å². The third-order valence-electron chi connectivity index (χ3n) is 4.01. The first kappa shape index (κ1) is 15.6. The molecule has 6 heteroatoms. The van der Waals surface area contributed by atoms with Gasteiger partial charge in [-0.3, -0.25) is 0 Å². The van der Waals surface area contributed by atoms with Gasteiger partial charge in [-0.25, -0.2) is 9.78 Å². The fourth-order valence-electron chi connectivity index (χ4n) is 2.78. The van der Waals surface area contributed by atoms with Crippen molar-refractivity contribution in [2.24, 2.45) is 0 Å². The lowest BCUT2D eigenvalue weighted by molar-refractivity contribution is 0.00226. The highest BCUT2D eigenvalue weighted by atomic mass is 16.5. The number of carbonyl (C=O) groups is 1. The van der Waals surface area contributed by atoms with E-state index in [0.29, 0.717) is 19.7 Å². The van der Waals surface area contributed by atoms with E-state index in [1.165, 1.54) is 5.56 Å². The van der Waals surface area contributed by atoms with Crippen LogP contribution in [-0.2, 0) is 11.3 Å². The maximum absolute atomic E-state index is 12.0. The zero-order chi connectivity index (χ0) is 15.9. The van der Waals surface area contributed by atoms with Crippen molar-refractivity contribution in [2.45, 2.75) is 31.5 Å². The van der Waals surface area contributed by atoms with E-state index in [0.717, 1.165) is 12.8 Å². The maximum Gasteiger partial charge on any atom is 0.315 e. The number of urea groups is 1. The van der Waals surface area contributed by atoms with E-state index < -0.39 is 0 Å². The van der Waals surface area contributed by atoms with Gasteiger partial charge in [0.05, 0.1) is 12.4 Å². The van der Waals surface area contributed by atoms with Crippen molar-refractivity contribution in [1.82, 2.24) is 20.2 Å². The second kappa shape index (κ2) is 7.78. The Balaban J connectivity index is 1.43. The second-order valence-electron chi connectivity index (χ2n) is 5.69. The highest BCUT2D eigenvalue weighted by Crippen LogP contribution is 2.27. The minimum Gasteiger partial charge on any atom is -0.373 e. The molecule has 1 aliphatic heterocycles. The van der Waals surface area contributed by atoms with Crippen LogP contribution < -0.4 is 10.6 Å². The van der Waals surface area contributed by atoms with E-state index in [1.54, 1.807) is 12.5 Å². The Labute approximate surface area is 135 Å². The molecule has 0 spiro atoms. The molecule has 23 heavy (non-hydrogen) atoms. The molecule has 1 fully saturated rings. The van der Waals surface area contributed by atoms with Gasteiger partial charge in [-0.1, -0.05) is 30.3 Å². The van der Waals surface area contributed by atoms with Crippen LogP contribution in [0, 0.1) is 0 Å². The van der Waals surface area contributed by atoms with Crippen molar-refractivity contribution in [3.05, 3.63) is 54.6 Å². The van der Waals surface area contributed by atoms with E-state index in [2.05, 4.69) is 27.8 Å². The smallest absolute Gasteiger partial charge is 0.315 e. The van der Waals surface area contributed by atoms with Gasteiger partial charge in [0.25, 0.3) is 0 Å². The molecule has 0 bridgehead atoms. The minimum atomic E-state index is -0.121. The summed E-state index contributed by atoms with van der Waals surface area (Å²) in [5.74, 6) is 0. The van der Waals surface area contributed by atoms with E-state index >= 15 is 0 Å². The van der Waals surface area contributed by atoms with Crippen LogP contribution in [0.1, 0.15) is 24.5 Å². The average Bonchev–Trinajstić information content (AvgIpc) is 3.09. The highest BCUT2D eigenvalue weighted by Gasteiger charge is 2.24. The molecule has 0 saturated carbocycles. The molecule has 2 amide bonds. The third kappa shape index (κ3) is 4.56. The van der Waals surface area contributed by atoms with Crippen molar-refractivity contribution in [1.29, 1.82) is 0 Å². The normalized spacial score (nSPS) is 20.9. The molecule has 1 aromatic carbocycles. The van der Waals surface area contributed by atoms with Crippen LogP contribution in [0.5, 0.6) is 0 Å². The number of hydrogen-bond donors (Lipinski definition) is 2. The number of imidazole rings is 1. The van der Waals surface area contributed by atoms with Gasteiger partial charge < -0.3 is 19.9 Å². The summed E-state index contributed by atoms with van der Waals surface area (Å²) in [5.41, 5.74) is 1.17. The molecule has 0 unspecified atom stereocenters. The highest BCUT2D eigenvalue weighted by molar-refractivity contribution is 5.74. The third-order valence-corrected chi connectivity index (χ3v) is 4.01. The van der Waals surface area contributed by atoms with Crippen LogP contribution in [-0.4, -0.2) is 34.8 Å². The lowest BCUT2D eigenvalue weighted by Crippen LogP contribution is -2.45. The second-order valence-corrected chi connectivity index (χ2v) is 5.69. The number of amides is 2. The zero-order valence-corrected chi connectivity index (χ0v) is 13.0. The SMILES string of the molecule is O=C(NCCn1ccnc1)N[C@H]1CCO[C@@H](c2ccccc2)C1. The number of benzene rings is 1. The summed E-state index contributed by atoms with van der Waals surface area (Å²) in [5, 5.41) is 5.93. The van der Waals surface area contributed by atoms with E-state index in [1.807, 2.05) is 29.0 Å². The Morgan fingerprint density at radius 3 is 3.00 bits per heavy atom. The molecule has 0 aliphatic carbocycles. The van der Waals surface area contributed by atoms with Crippen LogP contribution in [0.4, 0.5) is 4.79 Å². The average molecular weight is 314 g/mol. The molecule has 6 nitrogen and oxygen atoms in total. The summed E-state index contributed by atoms with van der Waals surface area (Å²) in [7, 11) is 0. The number of rotatable bonds is 5.